The molecule has 0 aliphatic heterocycles. The van der Waals surface area contributed by atoms with Gasteiger partial charge in [0.1, 0.15) is 5.82 Å². The number of carbonyl (C=O) groups excluding carboxylic acids is 1. The Hall–Kier alpha value is -3.47. The second-order valence-corrected chi connectivity index (χ2v) is 5.77. The van der Waals surface area contributed by atoms with E-state index in [1.165, 1.54) is 6.92 Å². The first-order valence-electron chi connectivity index (χ1n) is 7.97. The molecule has 2 heterocycles. The highest BCUT2D eigenvalue weighted by Gasteiger charge is 2.09. The number of aromatic nitrogens is 3. The number of rotatable bonds is 3. The van der Waals surface area contributed by atoms with E-state index in [1.807, 2.05) is 65.5 Å². The molecule has 0 radical (unpaired) electrons. The molecule has 0 fully saturated rings. The standard InChI is InChI=1S/C20H16N4O/c1-14(25)23-17-8-6-15(7-9-17)20-21-10-11-24(20)18-12-16-4-2-3-5-19(16)22-13-18/h2-13H,1H3,(H,23,25). The summed E-state index contributed by atoms with van der Waals surface area (Å²) in [6, 6.07) is 17.7. The summed E-state index contributed by atoms with van der Waals surface area (Å²) in [5, 5.41) is 3.85. The molecule has 0 bridgehead atoms. The monoisotopic (exact) mass is 328 g/mol. The third kappa shape index (κ3) is 2.99. The Kier molecular flexibility index (Phi) is 3.74. The van der Waals surface area contributed by atoms with Crippen molar-refractivity contribution in [3.8, 4) is 17.1 Å². The smallest absolute Gasteiger partial charge is 0.221 e. The zero-order chi connectivity index (χ0) is 17.2. The molecule has 1 N–H and O–H groups in total. The summed E-state index contributed by atoms with van der Waals surface area (Å²) in [5.41, 5.74) is 3.65. The van der Waals surface area contributed by atoms with Gasteiger partial charge in [-0.1, -0.05) is 18.2 Å². The number of nitrogens with one attached hydrogen (secondary N) is 1. The molecule has 5 heteroatoms. The maximum Gasteiger partial charge on any atom is 0.221 e. The van der Waals surface area contributed by atoms with Gasteiger partial charge in [-0.05, 0) is 36.4 Å². The van der Waals surface area contributed by atoms with Crippen LogP contribution in [-0.4, -0.2) is 20.4 Å². The van der Waals surface area contributed by atoms with Gasteiger partial charge in [0, 0.05) is 36.0 Å². The molecule has 0 unspecified atom stereocenters. The summed E-state index contributed by atoms with van der Waals surface area (Å²) in [5.74, 6) is 0.739. The highest BCUT2D eigenvalue weighted by atomic mass is 16.1. The predicted octanol–water partition coefficient (Wildman–Crippen LogP) is 4.05. The summed E-state index contributed by atoms with van der Waals surface area (Å²) >= 11 is 0. The van der Waals surface area contributed by atoms with Crippen LogP contribution in [0.5, 0.6) is 0 Å². The lowest BCUT2D eigenvalue weighted by Gasteiger charge is -2.09. The number of carbonyl (C=O) groups is 1. The minimum absolute atomic E-state index is 0.0866. The molecule has 25 heavy (non-hydrogen) atoms. The largest absolute Gasteiger partial charge is 0.326 e. The number of pyridine rings is 1. The average Bonchev–Trinajstić information content (AvgIpc) is 3.11. The summed E-state index contributed by atoms with van der Waals surface area (Å²) in [6.07, 6.45) is 5.54. The van der Waals surface area contributed by atoms with Crippen molar-refractivity contribution in [1.82, 2.24) is 14.5 Å². The average molecular weight is 328 g/mol. The molecule has 122 valence electrons. The topological polar surface area (TPSA) is 59.8 Å². The van der Waals surface area contributed by atoms with E-state index < -0.39 is 0 Å². The van der Waals surface area contributed by atoms with Gasteiger partial charge in [0.05, 0.1) is 17.4 Å². The van der Waals surface area contributed by atoms with Gasteiger partial charge >= 0.3 is 0 Å². The Bertz CT molecular complexity index is 1050. The van der Waals surface area contributed by atoms with Gasteiger partial charge in [-0.2, -0.15) is 0 Å². The van der Waals surface area contributed by atoms with Crippen LogP contribution in [0.4, 0.5) is 5.69 Å². The van der Waals surface area contributed by atoms with Gasteiger partial charge in [-0.25, -0.2) is 4.98 Å². The van der Waals surface area contributed by atoms with Crippen LogP contribution in [0.3, 0.4) is 0 Å². The molecular formula is C20H16N4O. The molecule has 0 aliphatic rings. The molecule has 1 amide bonds. The number of anilines is 1. The van der Waals surface area contributed by atoms with Crippen molar-refractivity contribution in [3.05, 3.63) is 73.2 Å². The fourth-order valence-corrected chi connectivity index (χ4v) is 2.82. The van der Waals surface area contributed by atoms with Crippen molar-refractivity contribution in [2.45, 2.75) is 6.92 Å². The van der Waals surface area contributed by atoms with Crippen LogP contribution in [0, 0.1) is 0 Å². The third-order valence-corrected chi connectivity index (χ3v) is 3.96. The van der Waals surface area contributed by atoms with Crippen LogP contribution in [0.15, 0.2) is 73.2 Å². The van der Waals surface area contributed by atoms with E-state index in [1.54, 1.807) is 6.20 Å². The molecular weight excluding hydrogens is 312 g/mol. The third-order valence-electron chi connectivity index (χ3n) is 3.96. The fraction of sp³-hybridized carbons (Fsp3) is 0.0500. The molecule has 2 aromatic heterocycles. The minimum atomic E-state index is -0.0866. The maximum atomic E-state index is 11.1. The normalized spacial score (nSPS) is 10.8. The van der Waals surface area contributed by atoms with Crippen molar-refractivity contribution in [3.63, 3.8) is 0 Å². The number of para-hydroxylation sites is 1. The second-order valence-electron chi connectivity index (χ2n) is 5.77. The number of hydrogen-bond acceptors (Lipinski definition) is 3. The molecule has 2 aromatic carbocycles. The van der Waals surface area contributed by atoms with Gasteiger partial charge in [-0.15, -0.1) is 0 Å². The quantitative estimate of drug-likeness (QED) is 0.617. The zero-order valence-electron chi connectivity index (χ0n) is 13.7. The van der Waals surface area contributed by atoms with Crippen LogP contribution >= 0.6 is 0 Å². The van der Waals surface area contributed by atoms with Crippen molar-refractivity contribution in [2.75, 3.05) is 5.32 Å². The molecule has 0 aliphatic carbocycles. The zero-order valence-corrected chi connectivity index (χ0v) is 13.7. The highest BCUT2D eigenvalue weighted by molar-refractivity contribution is 5.89. The number of benzene rings is 2. The van der Waals surface area contributed by atoms with E-state index in [2.05, 4.69) is 21.4 Å². The molecule has 0 spiro atoms. The molecule has 0 saturated heterocycles. The fourth-order valence-electron chi connectivity index (χ4n) is 2.82. The Balaban J connectivity index is 1.73. The molecule has 4 rings (SSSR count). The van der Waals surface area contributed by atoms with E-state index in [0.29, 0.717) is 0 Å². The Morgan fingerprint density at radius 2 is 1.84 bits per heavy atom. The van der Waals surface area contributed by atoms with Gasteiger partial charge in [0.15, 0.2) is 0 Å². The second kappa shape index (κ2) is 6.20. The van der Waals surface area contributed by atoms with E-state index in [9.17, 15) is 4.79 Å². The van der Waals surface area contributed by atoms with E-state index in [4.69, 9.17) is 0 Å². The Morgan fingerprint density at radius 3 is 2.64 bits per heavy atom. The molecule has 0 saturated carbocycles. The van der Waals surface area contributed by atoms with Crippen molar-refractivity contribution in [2.24, 2.45) is 0 Å². The van der Waals surface area contributed by atoms with Crippen LogP contribution in [0.2, 0.25) is 0 Å². The maximum absolute atomic E-state index is 11.1. The van der Waals surface area contributed by atoms with E-state index in [-0.39, 0.29) is 5.91 Å². The van der Waals surface area contributed by atoms with Crippen LogP contribution < -0.4 is 5.32 Å². The first-order valence-corrected chi connectivity index (χ1v) is 7.97. The van der Waals surface area contributed by atoms with Crippen molar-refractivity contribution < 1.29 is 4.79 Å². The van der Waals surface area contributed by atoms with Crippen LogP contribution in [0.25, 0.3) is 28.0 Å². The summed E-state index contributed by atoms with van der Waals surface area (Å²) in [4.78, 5) is 20.1. The van der Waals surface area contributed by atoms with Gasteiger partial charge < -0.3 is 5.32 Å². The van der Waals surface area contributed by atoms with E-state index >= 15 is 0 Å². The lowest BCUT2D eigenvalue weighted by molar-refractivity contribution is -0.114. The number of hydrogen-bond donors (Lipinski definition) is 1. The Labute approximate surface area is 145 Å². The summed E-state index contributed by atoms with van der Waals surface area (Å²) in [7, 11) is 0. The van der Waals surface area contributed by atoms with E-state index in [0.717, 1.165) is 33.7 Å². The highest BCUT2D eigenvalue weighted by Crippen LogP contribution is 2.24. The Morgan fingerprint density at radius 1 is 1.04 bits per heavy atom. The van der Waals surface area contributed by atoms with Crippen LogP contribution in [0.1, 0.15) is 6.92 Å². The van der Waals surface area contributed by atoms with Gasteiger partial charge in [-0.3, -0.25) is 14.3 Å². The summed E-state index contributed by atoms with van der Waals surface area (Å²) < 4.78 is 2.01. The summed E-state index contributed by atoms with van der Waals surface area (Å²) in [6.45, 7) is 1.49. The molecule has 5 nitrogen and oxygen atoms in total. The lowest BCUT2D eigenvalue weighted by Crippen LogP contribution is -2.05. The molecule has 0 atom stereocenters. The SMILES string of the molecule is CC(=O)Nc1ccc(-c2nccn2-c2cnc3ccccc3c2)cc1. The van der Waals surface area contributed by atoms with Crippen molar-refractivity contribution in [1.29, 1.82) is 0 Å². The number of imidazole rings is 1. The lowest BCUT2D eigenvalue weighted by atomic mass is 10.1. The van der Waals surface area contributed by atoms with Crippen LogP contribution in [-0.2, 0) is 4.79 Å². The van der Waals surface area contributed by atoms with Gasteiger partial charge in [0.2, 0.25) is 5.91 Å². The first-order chi connectivity index (χ1) is 12.2. The predicted molar refractivity (Wildman–Crippen MR) is 98.6 cm³/mol. The molecule has 4 aromatic rings. The first kappa shape index (κ1) is 15.1. The number of fused-ring (bicyclic) bond motifs is 1. The minimum Gasteiger partial charge on any atom is -0.326 e. The van der Waals surface area contributed by atoms with Crippen molar-refractivity contribution >= 4 is 22.5 Å². The number of amides is 1. The number of nitrogens with zero attached hydrogens (tertiary/aromatic N) is 3. The van der Waals surface area contributed by atoms with Gasteiger partial charge in [0.25, 0.3) is 0 Å².